The highest BCUT2D eigenvalue weighted by Gasteiger charge is 2.48. The number of hydrogen-bond donors (Lipinski definition) is 1. The molecule has 1 aliphatic carbocycles. The maximum absolute atomic E-state index is 12.6. The van der Waals surface area contributed by atoms with Gasteiger partial charge in [0.1, 0.15) is 24.3 Å². The number of anilines is 1. The number of aromatic nitrogens is 3. The minimum absolute atomic E-state index is 0.0656. The van der Waals surface area contributed by atoms with E-state index in [1.165, 1.54) is 4.90 Å². The lowest BCUT2D eigenvalue weighted by molar-refractivity contribution is 0.162. The Kier molecular flexibility index (Phi) is 3.71. The molecule has 25 heavy (non-hydrogen) atoms. The van der Waals surface area contributed by atoms with E-state index < -0.39 is 0 Å². The smallest absolute Gasteiger partial charge is 0.320 e. The topological polar surface area (TPSA) is 92.2 Å². The van der Waals surface area contributed by atoms with Gasteiger partial charge < -0.3 is 19.7 Å². The molecule has 1 saturated carbocycles. The number of carbonyl (C=O) groups is 1. The van der Waals surface area contributed by atoms with Gasteiger partial charge in [-0.15, -0.1) is 0 Å². The molecule has 0 atom stereocenters. The van der Waals surface area contributed by atoms with Gasteiger partial charge >= 0.3 is 6.03 Å². The molecule has 0 aromatic carbocycles. The molecule has 1 aliphatic heterocycles. The number of nitriles is 1. The molecule has 4 rings (SSSR count). The minimum atomic E-state index is -0.0656. The standard InChI is InChI=1S/C17H21N7O/c1-22(7-5-18)16(25)24-9-8-23(10-17(11-24)3-4-17)15-13-2-6-19-14(13)20-12-21-15/h2,6,12H,3-4,7-11H2,1H3,(H,19,20,21). The van der Waals surface area contributed by atoms with E-state index in [1.807, 2.05) is 23.2 Å². The van der Waals surface area contributed by atoms with E-state index in [0.29, 0.717) is 6.54 Å². The first-order valence-corrected chi connectivity index (χ1v) is 8.52. The first kappa shape index (κ1) is 15.7. The number of H-pyrrole nitrogens is 1. The third kappa shape index (κ3) is 2.86. The molecule has 2 fully saturated rings. The molecule has 0 radical (unpaired) electrons. The second-order valence-electron chi connectivity index (χ2n) is 7.08. The number of nitrogens with zero attached hydrogens (tertiary/aromatic N) is 6. The molecular formula is C17H21N7O. The van der Waals surface area contributed by atoms with Crippen molar-refractivity contribution in [3.8, 4) is 6.07 Å². The molecule has 2 aromatic heterocycles. The van der Waals surface area contributed by atoms with Crippen molar-refractivity contribution in [1.82, 2.24) is 24.8 Å². The number of nitrogens with one attached hydrogen (secondary N) is 1. The van der Waals surface area contributed by atoms with Crippen molar-refractivity contribution in [2.45, 2.75) is 12.8 Å². The number of carbonyl (C=O) groups excluding carboxylic acids is 1. The monoisotopic (exact) mass is 339 g/mol. The fourth-order valence-corrected chi connectivity index (χ4v) is 3.62. The van der Waals surface area contributed by atoms with Crippen LogP contribution in [0.15, 0.2) is 18.6 Å². The lowest BCUT2D eigenvalue weighted by atomic mass is 10.1. The second kappa shape index (κ2) is 5.92. The molecular weight excluding hydrogens is 318 g/mol. The Morgan fingerprint density at radius 3 is 3.00 bits per heavy atom. The van der Waals surface area contributed by atoms with Crippen molar-refractivity contribution >= 4 is 22.9 Å². The molecule has 2 amide bonds. The summed E-state index contributed by atoms with van der Waals surface area (Å²) >= 11 is 0. The lowest BCUT2D eigenvalue weighted by Gasteiger charge is -2.27. The van der Waals surface area contributed by atoms with Crippen LogP contribution >= 0.6 is 0 Å². The zero-order valence-electron chi connectivity index (χ0n) is 14.3. The maximum atomic E-state index is 12.6. The molecule has 2 aromatic rings. The zero-order valence-corrected chi connectivity index (χ0v) is 14.3. The highest BCUT2D eigenvalue weighted by Crippen LogP contribution is 2.48. The van der Waals surface area contributed by atoms with Gasteiger partial charge in [0, 0.05) is 44.8 Å². The van der Waals surface area contributed by atoms with Gasteiger partial charge in [0.25, 0.3) is 0 Å². The van der Waals surface area contributed by atoms with Gasteiger partial charge in [-0.2, -0.15) is 5.26 Å². The third-order valence-corrected chi connectivity index (χ3v) is 5.19. The fraction of sp³-hybridized carbons (Fsp3) is 0.529. The average Bonchev–Trinajstić information content (AvgIpc) is 3.25. The number of hydrogen-bond acceptors (Lipinski definition) is 5. The molecule has 3 heterocycles. The van der Waals surface area contributed by atoms with Gasteiger partial charge in [0.05, 0.1) is 11.5 Å². The lowest BCUT2D eigenvalue weighted by Crippen LogP contribution is -2.44. The Balaban J connectivity index is 1.59. The number of urea groups is 1. The number of amides is 2. The predicted molar refractivity (Wildman–Crippen MR) is 93.0 cm³/mol. The van der Waals surface area contributed by atoms with Crippen molar-refractivity contribution in [2.75, 3.05) is 44.7 Å². The zero-order chi connectivity index (χ0) is 17.4. The normalized spacial score (nSPS) is 18.9. The van der Waals surface area contributed by atoms with Crippen molar-refractivity contribution < 1.29 is 4.79 Å². The third-order valence-electron chi connectivity index (χ3n) is 5.19. The summed E-state index contributed by atoms with van der Waals surface area (Å²) < 4.78 is 0. The molecule has 2 aliphatic rings. The quantitative estimate of drug-likeness (QED) is 0.836. The van der Waals surface area contributed by atoms with Crippen LogP contribution in [0.2, 0.25) is 0 Å². The number of fused-ring (bicyclic) bond motifs is 1. The van der Waals surface area contributed by atoms with Gasteiger partial charge in [-0.1, -0.05) is 0 Å². The van der Waals surface area contributed by atoms with Crippen LogP contribution < -0.4 is 4.90 Å². The van der Waals surface area contributed by atoms with Crippen molar-refractivity contribution in [3.63, 3.8) is 0 Å². The van der Waals surface area contributed by atoms with Crippen LogP contribution in [-0.2, 0) is 0 Å². The molecule has 130 valence electrons. The molecule has 1 spiro atoms. The van der Waals surface area contributed by atoms with E-state index in [0.717, 1.165) is 49.3 Å². The predicted octanol–water partition coefficient (Wildman–Crippen LogP) is 1.44. The summed E-state index contributed by atoms with van der Waals surface area (Å²) in [7, 11) is 1.68. The summed E-state index contributed by atoms with van der Waals surface area (Å²) in [6, 6.07) is 3.97. The Bertz CT molecular complexity index is 835. The van der Waals surface area contributed by atoms with Crippen molar-refractivity contribution in [3.05, 3.63) is 18.6 Å². The van der Waals surface area contributed by atoms with Gasteiger partial charge in [-0.3, -0.25) is 0 Å². The van der Waals surface area contributed by atoms with Crippen LogP contribution in [-0.4, -0.2) is 70.6 Å². The van der Waals surface area contributed by atoms with Gasteiger partial charge in [0.15, 0.2) is 0 Å². The van der Waals surface area contributed by atoms with E-state index in [9.17, 15) is 4.79 Å². The molecule has 1 N–H and O–H groups in total. The van der Waals surface area contributed by atoms with Crippen LogP contribution in [0.5, 0.6) is 0 Å². The second-order valence-corrected chi connectivity index (χ2v) is 7.08. The maximum Gasteiger partial charge on any atom is 0.320 e. The van der Waals surface area contributed by atoms with Gasteiger partial charge in [-0.05, 0) is 18.9 Å². The largest absolute Gasteiger partial charge is 0.354 e. The average molecular weight is 339 g/mol. The molecule has 1 saturated heterocycles. The minimum Gasteiger partial charge on any atom is -0.354 e. The van der Waals surface area contributed by atoms with E-state index in [4.69, 9.17) is 5.26 Å². The summed E-state index contributed by atoms with van der Waals surface area (Å²) in [5.41, 5.74) is 0.980. The number of aromatic amines is 1. The van der Waals surface area contributed by atoms with Crippen LogP contribution in [0.25, 0.3) is 11.0 Å². The first-order valence-electron chi connectivity index (χ1n) is 8.52. The van der Waals surface area contributed by atoms with Crippen LogP contribution in [0.4, 0.5) is 10.6 Å². The summed E-state index contributed by atoms with van der Waals surface area (Å²) in [6.07, 6.45) is 5.70. The first-order chi connectivity index (χ1) is 12.1. The van der Waals surface area contributed by atoms with E-state index in [-0.39, 0.29) is 18.0 Å². The Morgan fingerprint density at radius 1 is 1.40 bits per heavy atom. The summed E-state index contributed by atoms with van der Waals surface area (Å²) in [5, 5.41) is 9.85. The van der Waals surface area contributed by atoms with Crippen LogP contribution in [0.3, 0.4) is 0 Å². The van der Waals surface area contributed by atoms with Crippen LogP contribution in [0.1, 0.15) is 12.8 Å². The Labute approximate surface area is 146 Å². The summed E-state index contributed by atoms with van der Waals surface area (Å²) in [5.74, 6) is 0.928. The summed E-state index contributed by atoms with van der Waals surface area (Å²) in [6.45, 7) is 3.12. The van der Waals surface area contributed by atoms with Gasteiger partial charge in [-0.25, -0.2) is 14.8 Å². The van der Waals surface area contributed by atoms with E-state index >= 15 is 0 Å². The van der Waals surface area contributed by atoms with Crippen molar-refractivity contribution in [1.29, 1.82) is 5.26 Å². The highest BCUT2D eigenvalue weighted by molar-refractivity contribution is 5.87. The summed E-state index contributed by atoms with van der Waals surface area (Å²) in [4.78, 5) is 30.2. The molecule has 0 bridgehead atoms. The van der Waals surface area contributed by atoms with Crippen molar-refractivity contribution in [2.24, 2.45) is 5.41 Å². The van der Waals surface area contributed by atoms with Crippen LogP contribution in [0, 0.1) is 16.7 Å². The molecule has 8 heteroatoms. The van der Waals surface area contributed by atoms with E-state index in [1.54, 1.807) is 13.4 Å². The van der Waals surface area contributed by atoms with E-state index in [2.05, 4.69) is 19.9 Å². The Hall–Kier alpha value is -2.82. The number of rotatable bonds is 2. The molecule has 0 unspecified atom stereocenters. The Morgan fingerprint density at radius 2 is 2.24 bits per heavy atom. The molecule has 8 nitrogen and oxygen atoms in total. The van der Waals surface area contributed by atoms with Gasteiger partial charge in [0.2, 0.25) is 0 Å². The highest BCUT2D eigenvalue weighted by atomic mass is 16.2. The fourth-order valence-electron chi connectivity index (χ4n) is 3.62. The SMILES string of the molecule is CN(CC#N)C(=O)N1CCN(c2ncnc3[nH]ccc23)CC2(CC2)C1.